The van der Waals surface area contributed by atoms with Crippen LogP contribution in [0.15, 0.2) is 24.3 Å². The number of carbonyl (C=O) groups is 1. The number of ketones is 1. The molecule has 0 radical (unpaired) electrons. The summed E-state index contributed by atoms with van der Waals surface area (Å²) in [6, 6.07) is 4.08. The van der Waals surface area contributed by atoms with Crippen LogP contribution in [0.3, 0.4) is 0 Å². The predicted octanol–water partition coefficient (Wildman–Crippen LogP) is 3.85. The fourth-order valence-corrected chi connectivity index (χ4v) is 1.27. The van der Waals surface area contributed by atoms with Crippen molar-refractivity contribution in [1.29, 1.82) is 0 Å². The van der Waals surface area contributed by atoms with E-state index in [-0.39, 0.29) is 11.9 Å². The molecule has 1 aromatic carbocycles. The van der Waals surface area contributed by atoms with E-state index in [0.29, 0.717) is 0 Å². The third-order valence-electron chi connectivity index (χ3n) is 2.13. The van der Waals surface area contributed by atoms with Crippen molar-refractivity contribution in [2.45, 2.75) is 32.1 Å². The predicted molar refractivity (Wildman–Crippen MR) is 57.5 cm³/mol. The summed E-state index contributed by atoms with van der Waals surface area (Å²) in [4.78, 5) is 11.1. The normalized spacial score (nSPS) is 12.6. The highest BCUT2D eigenvalue weighted by Crippen LogP contribution is 2.38. The summed E-state index contributed by atoms with van der Waals surface area (Å²) in [5, 5.41) is 0. The average Bonchev–Trinajstić information content (AvgIpc) is 2.26. The molecule has 0 aliphatic carbocycles. The quantitative estimate of drug-likeness (QED) is 0.619. The molecule has 0 aromatic heterocycles. The van der Waals surface area contributed by atoms with Crippen LogP contribution in [0, 0.1) is 0 Å². The van der Waals surface area contributed by atoms with E-state index in [4.69, 9.17) is 4.74 Å². The Morgan fingerprint density at radius 3 is 1.89 bits per heavy atom. The number of hydrogen-bond acceptors (Lipinski definition) is 2. The van der Waals surface area contributed by atoms with Crippen molar-refractivity contribution >= 4 is 5.78 Å². The number of rotatable bonds is 4. The lowest BCUT2D eigenvalue weighted by molar-refractivity contribution is -0.255. The Hall–Kier alpha value is -1.66. The molecule has 0 N–H and O–H groups in total. The van der Waals surface area contributed by atoms with Crippen molar-refractivity contribution in [3.63, 3.8) is 0 Å². The summed E-state index contributed by atoms with van der Waals surface area (Å²) in [7, 11) is 0. The van der Waals surface area contributed by atoms with Gasteiger partial charge in [-0.25, -0.2) is 0 Å². The summed E-state index contributed by atoms with van der Waals surface area (Å²) in [6.07, 6.45) is -6.09. The fraction of sp³-hybridized carbons (Fsp3) is 0.417. The van der Waals surface area contributed by atoms with E-state index in [9.17, 15) is 26.7 Å². The Kier molecular flexibility index (Phi) is 4.17. The summed E-state index contributed by atoms with van der Waals surface area (Å²) in [5.74, 6) is -7.40. The lowest BCUT2D eigenvalue weighted by atomic mass is 10.1. The van der Waals surface area contributed by atoms with Crippen LogP contribution in [-0.2, 0) is 0 Å². The van der Waals surface area contributed by atoms with E-state index in [1.165, 1.54) is 12.1 Å². The number of hydrogen-bond donors (Lipinski definition) is 0. The minimum atomic E-state index is -5.91. The number of ether oxygens (including phenoxy) is 1. The van der Waals surface area contributed by atoms with Crippen molar-refractivity contribution in [3.05, 3.63) is 29.8 Å². The number of halogens is 5. The topological polar surface area (TPSA) is 26.3 Å². The highest BCUT2D eigenvalue weighted by Gasteiger charge is 2.63. The maximum absolute atomic E-state index is 12.8. The number of Topliss-reactive ketones (excluding diaryl/α,β-unsaturated/α-hetero) is 1. The molecule has 0 fully saturated rings. The zero-order valence-electron chi connectivity index (χ0n) is 10.1. The molecule has 2 nitrogen and oxygen atoms in total. The molecule has 0 unspecified atom stereocenters. The molecule has 0 spiro atoms. The molecule has 0 heterocycles. The summed E-state index contributed by atoms with van der Waals surface area (Å²) in [6.45, 7) is 3.44. The Bertz CT molecular complexity index is 448. The van der Waals surface area contributed by atoms with Crippen molar-refractivity contribution in [3.8, 4) is 5.75 Å². The zero-order valence-corrected chi connectivity index (χ0v) is 10.1. The van der Waals surface area contributed by atoms with Crippen LogP contribution in [0.25, 0.3) is 0 Å². The molecule has 0 aliphatic rings. The third-order valence-corrected chi connectivity index (χ3v) is 2.13. The second-order valence-electron chi connectivity index (χ2n) is 4.09. The molecular formula is C12H11F5O2. The summed E-state index contributed by atoms with van der Waals surface area (Å²) < 4.78 is 66.9. The standard InChI is InChI=1S/C12H11F5O2/c1-7(2)19-9-5-3-8(4-6-9)10(18)11(13,14)12(15,16)17/h3-7H,1-2H3. The van der Waals surface area contributed by atoms with Crippen LogP contribution in [0.2, 0.25) is 0 Å². The first-order chi connectivity index (χ1) is 8.55. The second-order valence-corrected chi connectivity index (χ2v) is 4.09. The number of carbonyl (C=O) groups excluding carboxylic acids is 1. The fourth-order valence-electron chi connectivity index (χ4n) is 1.27. The van der Waals surface area contributed by atoms with Gasteiger partial charge in [0.1, 0.15) is 5.75 Å². The average molecular weight is 282 g/mol. The van der Waals surface area contributed by atoms with Crippen LogP contribution in [0.5, 0.6) is 5.75 Å². The first kappa shape index (κ1) is 15.4. The number of alkyl halides is 5. The van der Waals surface area contributed by atoms with Gasteiger partial charge in [-0.3, -0.25) is 4.79 Å². The lowest BCUT2D eigenvalue weighted by Gasteiger charge is -2.18. The maximum Gasteiger partial charge on any atom is 0.461 e. The molecule has 19 heavy (non-hydrogen) atoms. The van der Waals surface area contributed by atoms with Gasteiger partial charge < -0.3 is 4.74 Å². The molecule has 0 saturated heterocycles. The molecular weight excluding hydrogens is 271 g/mol. The molecule has 0 bridgehead atoms. The first-order valence-corrected chi connectivity index (χ1v) is 5.31. The molecule has 7 heteroatoms. The van der Waals surface area contributed by atoms with Crippen LogP contribution < -0.4 is 4.74 Å². The maximum atomic E-state index is 12.8. The molecule has 1 rings (SSSR count). The van der Waals surface area contributed by atoms with Gasteiger partial charge in [-0.15, -0.1) is 0 Å². The Balaban J connectivity index is 2.96. The third kappa shape index (κ3) is 3.42. The molecule has 0 atom stereocenters. The molecule has 1 aromatic rings. The van der Waals surface area contributed by atoms with Gasteiger partial charge in [0, 0.05) is 5.56 Å². The summed E-state index contributed by atoms with van der Waals surface area (Å²) in [5.41, 5.74) is -0.724. The van der Waals surface area contributed by atoms with Gasteiger partial charge in [-0.05, 0) is 38.1 Å². The molecule has 0 aliphatic heterocycles. The second kappa shape index (κ2) is 5.14. The van der Waals surface area contributed by atoms with Gasteiger partial charge in [-0.1, -0.05) is 0 Å². The van der Waals surface area contributed by atoms with E-state index in [1.54, 1.807) is 13.8 Å². The van der Waals surface area contributed by atoms with Crippen molar-refractivity contribution < 1.29 is 31.5 Å². The van der Waals surface area contributed by atoms with Crippen molar-refractivity contribution in [2.75, 3.05) is 0 Å². The van der Waals surface area contributed by atoms with Gasteiger partial charge in [0.15, 0.2) is 0 Å². The Labute approximate surface area is 106 Å². The Morgan fingerprint density at radius 1 is 1.05 bits per heavy atom. The monoisotopic (exact) mass is 282 g/mol. The van der Waals surface area contributed by atoms with Crippen molar-refractivity contribution in [1.82, 2.24) is 0 Å². The van der Waals surface area contributed by atoms with Gasteiger partial charge in [0.2, 0.25) is 5.78 Å². The van der Waals surface area contributed by atoms with Crippen LogP contribution in [0.4, 0.5) is 22.0 Å². The largest absolute Gasteiger partial charge is 0.491 e. The molecule has 106 valence electrons. The van der Waals surface area contributed by atoms with Gasteiger partial charge >= 0.3 is 12.1 Å². The van der Waals surface area contributed by atoms with E-state index < -0.39 is 23.4 Å². The Morgan fingerprint density at radius 2 is 1.53 bits per heavy atom. The highest BCUT2D eigenvalue weighted by atomic mass is 19.4. The first-order valence-electron chi connectivity index (χ1n) is 5.31. The highest BCUT2D eigenvalue weighted by molar-refractivity contribution is 6.02. The zero-order chi connectivity index (χ0) is 14.8. The smallest absolute Gasteiger partial charge is 0.461 e. The molecule has 0 amide bonds. The number of benzene rings is 1. The lowest BCUT2D eigenvalue weighted by Crippen LogP contribution is -2.44. The minimum Gasteiger partial charge on any atom is -0.491 e. The van der Waals surface area contributed by atoms with E-state index >= 15 is 0 Å². The van der Waals surface area contributed by atoms with Gasteiger partial charge in [0.05, 0.1) is 6.10 Å². The van der Waals surface area contributed by atoms with Crippen LogP contribution in [-0.4, -0.2) is 24.0 Å². The van der Waals surface area contributed by atoms with Crippen molar-refractivity contribution in [2.24, 2.45) is 0 Å². The summed E-state index contributed by atoms with van der Waals surface area (Å²) >= 11 is 0. The molecule has 0 saturated carbocycles. The van der Waals surface area contributed by atoms with Gasteiger partial charge in [0.25, 0.3) is 0 Å². The van der Waals surface area contributed by atoms with Gasteiger partial charge in [-0.2, -0.15) is 22.0 Å². The van der Waals surface area contributed by atoms with E-state index in [0.717, 1.165) is 12.1 Å². The van der Waals surface area contributed by atoms with Crippen LogP contribution in [0.1, 0.15) is 24.2 Å². The van der Waals surface area contributed by atoms with Crippen LogP contribution >= 0.6 is 0 Å². The van der Waals surface area contributed by atoms with E-state index in [2.05, 4.69) is 0 Å². The van der Waals surface area contributed by atoms with E-state index in [1.807, 2.05) is 0 Å². The SMILES string of the molecule is CC(C)Oc1ccc(C(=O)C(F)(F)C(F)(F)F)cc1. The minimum absolute atomic E-state index is 0.182.